The van der Waals surface area contributed by atoms with Gasteiger partial charge in [0.15, 0.2) is 0 Å². The molecule has 0 spiro atoms. The van der Waals surface area contributed by atoms with Gasteiger partial charge in [-0.05, 0) is 38.0 Å². The van der Waals surface area contributed by atoms with Crippen molar-refractivity contribution in [3.63, 3.8) is 0 Å². The summed E-state index contributed by atoms with van der Waals surface area (Å²) < 4.78 is 0. The van der Waals surface area contributed by atoms with Crippen molar-refractivity contribution in [1.29, 1.82) is 0 Å². The Hall–Kier alpha value is -0.410. The zero-order chi connectivity index (χ0) is 15.1. The molecule has 0 amide bonds. The first-order chi connectivity index (χ1) is 9.16. The van der Waals surface area contributed by atoms with E-state index < -0.39 is 0 Å². The summed E-state index contributed by atoms with van der Waals surface area (Å²) in [6.07, 6.45) is 2.78. The van der Waals surface area contributed by atoms with E-state index in [4.69, 9.17) is 4.98 Å². The molecule has 114 valence electrons. The standard InChI is InChI=1S/C17H30N2S/c1-11(2)17(8-9-17)10-18-12(3)14-13(4)19-15(20-14)16(5,6)7/h11-12,18H,8-10H2,1-7H3. The van der Waals surface area contributed by atoms with Crippen LogP contribution in [0.4, 0.5) is 0 Å². The van der Waals surface area contributed by atoms with Crippen LogP contribution < -0.4 is 5.32 Å². The summed E-state index contributed by atoms with van der Waals surface area (Å²) in [4.78, 5) is 6.19. The number of nitrogens with one attached hydrogen (secondary N) is 1. The summed E-state index contributed by atoms with van der Waals surface area (Å²) in [6, 6.07) is 0.417. The van der Waals surface area contributed by atoms with Crippen LogP contribution in [0.15, 0.2) is 0 Å². The van der Waals surface area contributed by atoms with Gasteiger partial charge in [-0.15, -0.1) is 11.3 Å². The van der Waals surface area contributed by atoms with Crippen LogP contribution in [-0.2, 0) is 5.41 Å². The number of hydrogen-bond donors (Lipinski definition) is 1. The quantitative estimate of drug-likeness (QED) is 0.841. The molecule has 1 heterocycles. The minimum atomic E-state index is 0.156. The molecule has 2 rings (SSSR count). The molecule has 3 heteroatoms. The van der Waals surface area contributed by atoms with Crippen LogP contribution in [-0.4, -0.2) is 11.5 Å². The number of hydrogen-bond acceptors (Lipinski definition) is 3. The van der Waals surface area contributed by atoms with Crippen molar-refractivity contribution in [1.82, 2.24) is 10.3 Å². The zero-order valence-corrected chi connectivity index (χ0v) is 14.9. The molecule has 1 atom stereocenters. The normalized spacial score (nSPS) is 19.4. The molecule has 1 aliphatic carbocycles. The largest absolute Gasteiger partial charge is 0.309 e. The first-order valence-corrected chi connectivity index (χ1v) is 8.68. The third-order valence-corrected chi connectivity index (χ3v) is 6.51. The Morgan fingerprint density at radius 2 is 1.85 bits per heavy atom. The summed E-state index contributed by atoms with van der Waals surface area (Å²) in [7, 11) is 0. The topological polar surface area (TPSA) is 24.9 Å². The molecule has 1 N–H and O–H groups in total. The van der Waals surface area contributed by atoms with E-state index in [1.165, 1.54) is 28.4 Å². The smallest absolute Gasteiger partial charge is 0.0985 e. The van der Waals surface area contributed by atoms with Crippen molar-refractivity contribution in [3.05, 3.63) is 15.6 Å². The van der Waals surface area contributed by atoms with Crippen LogP contribution in [0.1, 0.15) is 76.0 Å². The summed E-state index contributed by atoms with van der Waals surface area (Å²) in [5.74, 6) is 0.787. The predicted molar refractivity (Wildman–Crippen MR) is 88.5 cm³/mol. The minimum Gasteiger partial charge on any atom is -0.309 e. The van der Waals surface area contributed by atoms with Gasteiger partial charge in [-0.1, -0.05) is 34.6 Å². The molecule has 1 unspecified atom stereocenters. The van der Waals surface area contributed by atoms with Gasteiger partial charge in [0.25, 0.3) is 0 Å². The Morgan fingerprint density at radius 1 is 1.25 bits per heavy atom. The minimum absolute atomic E-state index is 0.156. The number of aryl methyl sites for hydroxylation is 1. The number of aromatic nitrogens is 1. The van der Waals surface area contributed by atoms with Crippen molar-refractivity contribution in [2.75, 3.05) is 6.54 Å². The highest BCUT2D eigenvalue weighted by molar-refractivity contribution is 7.12. The van der Waals surface area contributed by atoms with Gasteiger partial charge in [-0.2, -0.15) is 0 Å². The average molecular weight is 295 g/mol. The average Bonchev–Trinajstić information content (AvgIpc) is 3.02. The summed E-state index contributed by atoms with van der Waals surface area (Å²) >= 11 is 1.88. The van der Waals surface area contributed by atoms with Crippen LogP contribution >= 0.6 is 11.3 Å². The molecule has 1 aromatic rings. The van der Waals surface area contributed by atoms with Crippen molar-refractivity contribution >= 4 is 11.3 Å². The van der Waals surface area contributed by atoms with Gasteiger partial charge in [-0.3, -0.25) is 0 Å². The Morgan fingerprint density at radius 3 is 2.25 bits per heavy atom. The second kappa shape index (κ2) is 5.42. The molecule has 0 aromatic carbocycles. The molecule has 0 radical (unpaired) electrons. The molecular weight excluding hydrogens is 264 g/mol. The Bertz CT molecular complexity index is 464. The fourth-order valence-corrected chi connectivity index (χ4v) is 3.85. The third-order valence-electron chi connectivity index (χ3n) is 4.74. The van der Waals surface area contributed by atoms with E-state index in [1.54, 1.807) is 0 Å². The molecule has 2 nitrogen and oxygen atoms in total. The highest BCUT2D eigenvalue weighted by Crippen LogP contribution is 2.51. The number of nitrogens with zero attached hydrogens (tertiary/aromatic N) is 1. The van der Waals surface area contributed by atoms with Crippen molar-refractivity contribution < 1.29 is 0 Å². The van der Waals surface area contributed by atoms with Crippen molar-refractivity contribution in [3.8, 4) is 0 Å². The maximum atomic E-state index is 4.78. The highest BCUT2D eigenvalue weighted by atomic mass is 32.1. The van der Waals surface area contributed by atoms with Crippen LogP contribution in [0.3, 0.4) is 0 Å². The summed E-state index contributed by atoms with van der Waals surface area (Å²) in [5, 5.41) is 5.01. The van der Waals surface area contributed by atoms with Gasteiger partial charge >= 0.3 is 0 Å². The zero-order valence-electron chi connectivity index (χ0n) is 14.1. The van der Waals surface area contributed by atoms with Gasteiger partial charge in [0.1, 0.15) is 0 Å². The van der Waals surface area contributed by atoms with E-state index in [-0.39, 0.29) is 5.41 Å². The van der Waals surface area contributed by atoms with Crippen LogP contribution in [0.5, 0.6) is 0 Å². The molecule has 1 aliphatic rings. The van der Waals surface area contributed by atoms with Crippen LogP contribution in [0.2, 0.25) is 0 Å². The molecule has 0 saturated heterocycles. The fraction of sp³-hybridized carbons (Fsp3) is 0.824. The van der Waals surface area contributed by atoms with Crippen LogP contribution in [0.25, 0.3) is 0 Å². The summed E-state index contributed by atoms with van der Waals surface area (Å²) in [5.41, 5.74) is 1.93. The van der Waals surface area contributed by atoms with Gasteiger partial charge in [0.05, 0.1) is 10.7 Å². The first-order valence-electron chi connectivity index (χ1n) is 7.87. The molecule has 20 heavy (non-hydrogen) atoms. The van der Waals surface area contributed by atoms with Gasteiger partial charge < -0.3 is 5.32 Å². The Balaban J connectivity index is 2.03. The van der Waals surface area contributed by atoms with E-state index in [0.29, 0.717) is 11.5 Å². The highest BCUT2D eigenvalue weighted by Gasteiger charge is 2.45. The van der Waals surface area contributed by atoms with Crippen molar-refractivity contribution in [2.45, 2.75) is 72.8 Å². The molecule has 0 bridgehead atoms. The lowest BCUT2D eigenvalue weighted by molar-refractivity contribution is 0.325. The maximum absolute atomic E-state index is 4.78. The van der Waals surface area contributed by atoms with E-state index in [2.05, 4.69) is 53.8 Å². The molecule has 0 aliphatic heterocycles. The maximum Gasteiger partial charge on any atom is 0.0985 e. The third kappa shape index (κ3) is 3.25. The number of thiazole rings is 1. The second-order valence-corrected chi connectivity index (χ2v) is 8.87. The van der Waals surface area contributed by atoms with E-state index >= 15 is 0 Å². The molecule has 1 aromatic heterocycles. The molecule has 1 fully saturated rings. The fourth-order valence-electron chi connectivity index (χ4n) is 2.70. The molecule has 1 saturated carbocycles. The van der Waals surface area contributed by atoms with Gasteiger partial charge in [-0.25, -0.2) is 4.98 Å². The van der Waals surface area contributed by atoms with E-state index in [1.807, 2.05) is 11.3 Å². The Labute approximate surface area is 128 Å². The van der Waals surface area contributed by atoms with Gasteiger partial charge in [0.2, 0.25) is 0 Å². The van der Waals surface area contributed by atoms with Gasteiger partial charge in [0, 0.05) is 22.9 Å². The lowest BCUT2D eigenvalue weighted by atomic mass is 9.92. The van der Waals surface area contributed by atoms with Crippen molar-refractivity contribution in [2.24, 2.45) is 11.3 Å². The lowest BCUT2D eigenvalue weighted by Crippen LogP contribution is -2.29. The molecular formula is C17H30N2S. The SMILES string of the molecule is Cc1nc(C(C)(C)C)sc1C(C)NCC1(C(C)C)CC1. The van der Waals surface area contributed by atoms with E-state index in [9.17, 15) is 0 Å². The predicted octanol–water partition coefficient (Wildman–Crippen LogP) is 4.84. The monoisotopic (exact) mass is 294 g/mol. The lowest BCUT2D eigenvalue weighted by Gasteiger charge is -2.23. The first kappa shape index (κ1) is 16.0. The number of rotatable bonds is 5. The van der Waals surface area contributed by atoms with E-state index in [0.717, 1.165) is 12.5 Å². The Kier molecular flexibility index (Phi) is 4.32. The summed E-state index contributed by atoms with van der Waals surface area (Å²) in [6.45, 7) is 17.0. The second-order valence-electron chi connectivity index (χ2n) is 7.84. The van der Waals surface area contributed by atoms with Crippen LogP contribution in [0, 0.1) is 18.3 Å².